The number of hydrogen-bond acceptors (Lipinski definition) is 4. The molecule has 0 aliphatic heterocycles. The van der Waals surface area contributed by atoms with Crippen LogP contribution in [0.5, 0.6) is 0 Å². The third-order valence-corrected chi connectivity index (χ3v) is 1.62. The molecule has 5 nitrogen and oxygen atoms in total. The molecule has 0 bridgehead atoms. The Hall–Kier alpha value is -1.36. The highest BCUT2D eigenvalue weighted by Gasteiger charge is 2.02. The second-order valence-electron chi connectivity index (χ2n) is 2.56. The number of anilines is 1. The van der Waals surface area contributed by atoms with E-state index >= 15 is 0 Å². The molecule has 0 atom stereocenters. The molecule has 1 aromatic heterocycles. The van der Waals surface area contributed by atoms with Gasteiger partial charge >= 0.3 is 0 Å². The first kappa shape index (κ1) is 8.73. The van der Waals surface area contributed by atoms with Gasteiger partial charge in [-0.1, -0.05) is 0 Å². The molecule has 1 heterocycles. The second kappa shape index (κ2) is 3.36. The Kier molecular flexibility index (Phi) is 2.44. The fourth-order valence-electron chi connectivity index (χ4n) is 0.853. The van der Waals surface area contributed by atoms with Gasteiger partial charge in [-0.25, -0.2) is 4.98 Å². The Morgan fingerprint density at radius 3 is 2.75 bits per heavy atom. The van der Waals surface area contributed by atoms with Gasteiger partial charge in [-0.3, -0.25) is 4.79 Å². The van der Waals surface area contributed by atoms with E-state index in [9.17, 15) is 4.79 Å². The first-order chi connectivity index (χ1) is 5.65. The summed E-state index contributed by atoms with van der Waals surface area (Å²) in [4.78, 5) is 17.7. The molecule has 0 saturated heterocycles. The van der Waals surface area contributed by atoms with Gasteiger partial charge in [-0.05, 0) is 13.5 Å². The van der Waals surface area contributed by atoms with Crippen molar-refractivity contribution in [2.45, 2.75) is 13.3 Å². The number of nitrogens with one attached hydrogen (secondary N) is 1. The predicted octanol–water partition coefficient (Wildman–Crippen LogP) is -0.838. The van der Waals surface area contributed by atoms with Gasteiger partial charge in [0.15, 0.2) is 0 Å². The summed E-state index contributed by atoms with van der Waals surface area (Å²) in [6.45, 7) is 2.08. The van der Waals surface area contributed by atoms with Crippen molar-refractivity contribution in [3.05, 3.63) is 21.7 Å². The van der Waals surface area contributed by atoms with Crippen LogP contribution in [0.15, 0.2) is 4.79 Å². The van der Waals surface area contributed by atoms with Crippen molar-refractivity contribution < 1.29 is 0 Å². The van der Waals surface area contributed by atoms with E-state index in [-0.39, 0.29) is 11.4 Å². The number of rotatable bonds is 2. The first-order valence-electron chi connectivity index (χ1n) is 3.70. The summed E-state index contributed by atoms with van der Waals surface area (Å²) in [5.41, 5.74) is 11.0. The SMILES string of the molecule is Cc1c(N)nc(CCN)[nH]c1=O. The largest absolute Gasteiger partial charge is 0.383 e. The zero-order valence-corrected chi connectivity index (χ0v) is 6.92. The summed E-state index contributed by atoms with van der Waals surface area (Å²) < 4.78 is 0. The maximum absolute atomic E-state index is 11.1. The van der Waals surface area contributed by atoms with Gasteiger partial charge in [-0.15, -0.1) is 0 Å². The van der Waals surface area contributed by atoms with Crippen molar-refractivity contribution >= 4 is 5.82 Å². The van der Waals surface area contributed by atoms with Crippen LogP contribution in [0.25, 0.3) is 0 Å². The standard InChI is InChI=1S/C7H12N4O/c1-4-6(9)10-5(2-3-8)11-7(4)12/h2-3,8H2,1H3,(H3,9,10,11,12). The van der Waals surface area contributed by atoms with Gasteiger partial charge in [0.1, 0.15) is 11.6 Å². The summed E-state index contributed by atoms with van der Waals surface area (Å²) in [7, 11) is 0. The van der Waals surface area contributed by atoms with Crippen molar-refractivity contribution in [2.75, 3.05) is 12.3 Å². The molecule has 5 N–H and O–H groups in total. The molecule has 1 rings (SSSR count). The van der Waals surface area contributed by atoms with Gasteiger partial charge in [0.05, 0.1) is 5.56 Å². The molecular formula is C7H12N4O. The highest BCUT2D eigenvalue weighted by Crippen LogP contribution is 1.99. The summed E-state index contributed by atoms with van der Waals surface area (Å²) in [5.74, 6) is 0.827. The normalized spacial score (nSPS) is 10.2. The number of nitrogens with two attached hydrogens (primary N) is 2. The average Bonchev–Trinajstić information content (AvgIpc) is 2.01. The fraction of sp³-hybridized carbons (Fsp3) is 0.429. The summed E-state index contributed by atoms with van der Waals surface area (Å²) in [6, 6.07) is 0. The molecule has 0 unspecified atom stereocenters. The van der Waals surface area contributed by atoms with Gasteiger partial charge in [-0.2, -0.15) is 0 Å². The maximum Gasteiger partial charge on any atom is 0.255 e. The van der Waals surface area contributed by atoms with E-state index < -0.39 is 0 Å². The van der Waals surface area contributed by atoms with Crippen LogP contribution < -0.4 is 17.0 Å². The molecule has 66 valence electrons. The summed E-state index contributed by atoms with van der Waals surface area (Å²) in [6.07, 6.45) is 0.541. The minimum Gasteiger partial charge on any atom is -0.383 e. The van der Waals surface area contributed by atoms with Crippen molar-refractivity contribution in [2.24, 2.45) is 5.73 Å². The van der Waals surface area contributed by atoms with Gasteiger partial charge in [0.2, 0.25) is 0 Å². The minimum atomic E-state index is -0.189. The zero-order chi connectivity index (χ0) is 9.14. The van der Waals surface area contributed by atoms with Crippen LogP contribution >= 0.6 is 0 Å². The Bertz CT molecular complexity index is 331. The number of aromatic amines is 1. The lowest BCUT2D eigenvalue weighted by atomic mass is 10.3. The van der Waals surface area contributed by atoms with Crippen LogP contribution in [0, 0.1) is 6.92 Å². The number of nitrogens with zero attached hydrogens (tertiary/aromatic N) is 1. The minimum absolute atomic E-state index is 0.189. The van der Waals surface area contributed by atoms with Crippen molar-refractivity contribution in [3.63, 3.8) is 0 Å². The first-order valence-corrected chi connectivity index (χ1v) is 3.70. The molecule has 0 spiro atoms. The third kappa shape index (κ3) is 1.62. The highest BCUT2D eigenvalue weighted by molar-refractivity contribution is 5.36. The van der Waals surface area contributed by atoms with Crippen molar-refractivity contribution in [1.29, 1.82) is 0 Å². The summed E-state index contributed by atoms with van der Waals surface area (Å²) in [5, 5.41) is 0. The lowest BCUT2D eigenvalue weighted by molar-refractivity contribution is 0.854. The van der Waals surface area contributed by atoms with Crippen LogP contribution in [0.4, 0.5) is 5.82 Å². The Balaban J connectivity index is 3.13. The van der Waals surface area contributed by atoms with E-state index in [0.717, 1.165) is 0 Å². The van der Waals surface area contributed by atoms with Crippen LogP contribution in [0.1, 0.15) is 11.4 Å². The lowest BCUT2D eigenvalue weighted by Gasteiger charge is -2.01. The Morgan fingerprint density at radius 1 is 1.58 bits per heavy atom. The predicted molar refractivity (Wildman–Crippen MR) is 46.8 cm³/mol. The lowest BCUT2D eigenvalue weighted by Crippen LogP contribution is -2.19. The second-order valence-corrected chi connectivity index (χ2v) is 2.56. The maximum atomic E-state index is 11.1. The van der Waals surface area contributed by atoms with Crippen LogP contribution in [-0.2, 0) is 6.42 Å². The van der Waals surface area contributed by atoms with E-state index in [4.69, 9.17) is 11.5 Å². The number of hydrogen-bond donors (Lipinski definition) is 3. The molecule has 5 heteroatoms. The van der Waals surface area contributed by atoms with E-state index in [1.165, 1.54) is 0 Å². The van der Waals surface area contributed by atoms with Crippen LogP contribution in [0.3, 0.4) is 0 Å². The molecule has 0 fully saturated rings. The van der Waals surface area contributed by atoms with Gasteiger partial charge in [0.25, 0.3) is 5.56 Å². The Labute approximate surface area is 69.8 Å². The fourth-order valence-corrected chi connectivity index (χ4v) is 0.853. The van der Waals surface area contributed by atoms with E-state index in [1.54, 1.807) is 6.92 Å². The number of nitrogen functional groups attached to an aromatic ring is 1. The summed E-state index contributed by atoms with van der Waals surface area (Å²) >= 11 is 0. The zero-order valence-electron chi connectivity index (χ0n) is 6.92. The number of H-pyrrole nitrogens is 1. The van der Waals surface area contributed by atoms with Crippen molar-refractivity contribution in [1.82, 2.24) is 9.97 Å². The van der Waals surface area contributed by atoms with Gasteiger partial charge < -0.3 is 16.5 Å². The monoisotopic (exact) mass is 168 g/mol. The molecule has 0 aromatic carbocycles. The topological polar surface area (TPSA) is 97.8 Å². The molecule has 0 amide bonds. The molecule has 0 aliphatic rings. The molecule has 12 heavy (non-hydrogen) atoms. The van der Waals surface area contributed by atoms with Gasteiger partial charge in [0, 0.05) is 6.42 Å². The smallest absolute Gasteiger partial charge is 0.255 e. The van der Waals surface area contributed by atoms with E-state index in [0.29, 0.717) is 24.4 Å². The average molecular weight is 168 g/mol. The van der Waals surface area contributed by atoms with E-state index in [1.807, 2.05) is 0 Å². The van der Waals surface area contributed by atoms with E-state index in [2.05, 4.69) is 9.97 Å². The quantitative estimate of drug-likeness (QED) is 0.536. The van der Waals surface area contributed by atoms with Crippen LogP contribution in [-0.4, -0.2) is 16.5 Å². The molecule has 0 radical (unpaired) electrons. The molecule has 0 saturated carbocycles. The molecule has 1 aromatic rings. The molecule has 0 aliphatic carbocycles. The Morgan fingerprint density at radius 2 is 2.25 bits per heavy atom. The van der Waals surface area contributed by atoms with Crippen molar-refractivity contribution in [3.8, 4) is 0 Å². The third-order valence-electron chi connectivity index (χ3n) is 1.62. The van der Waals surface area contributed by atoms with Crippen LogP contribution in [0.2, 0.25) is 0 Å². The molecular weight excluding hydrogens is 156 g/mol. The highest BCUT2D eigenvalue weighted by atomic mass is 16.1. The number of aromatic nitrogens is 2.